The second kappa shape index (κ2) is 9.17. The van der Waals surface area contributed by atoms with Gasteiger partial charge in [-0.2, -0.15) is 0 Å². The van der Waals surface area contributed by atoms with Gasteiger partial charge in [0.15, 0.2) is 0 Å². The molecule has 6 nitrogen and oxygen atoms in total. The smallest absolute Gasteiger partial charge is 0.124 e. The minimum atomic E-state index is -0.611. The molecular formula is C21H29N3O3. The summed E-state index contributed by atoms with van der Waals surface area (Å²) in [6.45, 7) is 7.36. The molecule has 1 saturated heterocycles. The predicted octanol–water partition coefficient (Wildman–Crippen LogP) is 2.26. The lowest BCUT2D eigenvalue weighted by molar-refractivity contribution is 0.0684. The average Bonchev–Trinajstić information content (AvgIpc) is 2.70. The third kappa shape index (κ3) is 4.97. The first kappa shape index (κ1) is 19.6. The van der Waals surface area contributed by atoms with Crippen LogP contribution in [-0.4, -0.2) is 66.8 Å². The van der Waals surface area contributed by atoms with Gasteiger partial charge in [-0.15, -0.1) is 0 Å². The third-order valence-electron chi connectivity index (χ3n) is 5.18. The molecule has 1 unspecified atom stereocenters. The molecule has 0 saturated carbocycles. The topological polar surface area (TPSA) is 58.1 Å². The van der Waals surface area contributed by atoms with Gasteiger partial charge >= 0.3 is 0 Å². The highest BCUT2D eigenvalue weighted by Crippen LogP contribution is 2.30. The number of aryl methyl sites for hydroxylation is 1. The maximum atomic E-state index is 10.7. The van der Waals surface area contributed by atoms with Gasteiger partial charge in [0.25, 0.3) is 0 Å². The van der Waals surface area contributed by atoms with Crippen molar-refractivity contribution in [2.24, 2.45) is 0 Å². The molecule has 3 rings (SSSR count). The highest BCUT2D eigenvalue weighted by molar-refractivity contribution is 5.41. The molecule has 1 atom stereocenters. The van der Waals surface area contributed by atoms with Gasteiger partial charge in [-0.3, -0.25) is 14.8 Å². The van der Waals surface area contributed by atoms with E-state index in [1.54, 1.807) is 14.2 Å². The van der Waals surface area contributed by atoms with E-state index in [0.29, 0.717) is 12.3 Å². The Morgan fingerprint density at radius 2 is 1.81 bits per heavy atom. The number of benzene rings is 1. The minimum Gasteiger partial charge on any atom is -0.497 e. The molecule has 1 N–H and O–H groups in total. The lowest BCUT2D eigenvalue weighted by Gasteiger charge is -2.35. The van der Waals surface area contributed by atoms with Crippen LogP contribution in [0.3, 0.4) is 0 Å². The standard InChI is InChI=1S/C21H29N3O3/c1-16-5-4-8-22-19(16)14-23-9-11-24(12-10-23)15-20(25)18-13-17(26-2)6-7-21(18)27-3/h4-8,13,20,25H,9-12,14-15H2,1-3H3. The van der Waals surface area contributed by atoms with Crippen LogP contribution in [0.2, 0.25) is 0 Å². The fraction of sp³-hybridized carbons (Fsp3) is 0.476. The van der Waals surface area contributed by atoms with Gasteiger partial charge < -0.3 is 14.6 Å². The molecule has 146 valence electrons. The molecule has 1 aliphatic rings. The van der Waals surface area contributed by atoms with Crippen molar-refractivity contribution in [1.82, 2.24) is 14.8 Å². The van der Waals surface area contributed by atoms with E-state index in [1.807, 2.05) is 30.5 Å². The van der Waals surface area contributed by atoms with Gasteiger partial charge in [0.2, 0.25) is 0 Å². The average molecular weight is 371 g/mol. The highest BCUT2D eigenvalue weighted by atomic mass is 16.5. The Balaban J connectivity index is 1.55. The fourth-order valence-electron chi connectivity index (χ4n) is 3.47. The number of aliphatic hydroxyl groups is 1. The first-order valence-electron chi connectivity index (χ1n) is 9.36. The second-order valence-electron chi connectivity index (χ2n) is 6.97. The molecule has 1 fully saturated rings. The van der Waals surface area contributed by atoms with Crippen molar-refractivity contribution in [1.29, 1.82) is 0 Å². The molecule has 1 aromatic heterocycles. The van der Waals surface area contributed by atoms with Gasteiger partial charge in [-0.25, -0.2) is 0 Å². The van der Waals surface area contributed by atoms with Gasteiger partial charge in [0.05, 0.1) is 26.0 Å². The van der Waals surface area contributed by atoms with Crippen molar-refractivity contribution in [2.75, 3.05) is 46.9 Å². The van der Waals surface area contributed by atoms with Crippen molar-refractivity contribution in [2.45, 2.75) is 19.6 Å². The Kier molecular flexibility index (Phi) is 6.66. The lowest BCUT2D eigenvalue weighted by Crippen LogP contribution is -2.47. The summed E-state index contributed by atoms with van der Waals surface area (Å²) in [6, 6.07) is 9.61. The number of piperazine rings is 1. The molecule has 27 heavy (non-hydrogen) atoms. The number of pyridine rings is 1. The Morgan fingerprint density at radius 3 is 2.48 bits per heavy atom. The molecular weight excluding hydrogens is 342 g/mol. The van der Waals surface area contributed by atoms with Crippen LogP contribution in [-0.2, 0) is 6.54 Å². The van der Waals surface area contributed by atoms with Crippen molar-refractivity contribution < 1.29 is 14.6 Å². The molecule has 0 spiro atoms. The summed E-state index contributed by atoms with van der Waals surface area (Å²) in [5.41, 5.74) is 3.15. The zero-order valence-corrected chi connectivity index (χ0v) is 16.4. The van der Waals surface area contributed by atoms with E-state index in [0.717, 1.165) is 49.7 Å². The largest absolute Gasteiger partial charge is 0.497 e. The summed E-state index contributed by atoms with van der Waals surface area (Å²) in [7, 11) is 3.25. The molecule has 0 aliphatic carbocycles. The van der Waals surface area contributed by atoms with E-state index < -0.39 is 6.10 Å². The first-order chi connectivity index (χ1) is 13.1. The number of aromatic nitrogens is 1. The molecule has 0 radical (unpaired) electrons. The predicted molar refractivity (Wildman–Crippen MR) is 105 cm³/mol. The Labute approximate surface area is 161 Å². The van der Waals surface area contributed by atoms with Crippen molar-refractivity contribution in [3.8, 4) is 11.5 Å². The summed E-state index contributed by atoms with van der Waals surface area (Å²) < 4.78 is 10.7. The summed E-state index contributed by atoms with van der Waals surface area (Å²) in [5.74, 6) is 1.41. The lowest BCUT2D eigenvalue weighted by atomic mass is 10.1. The number of rotatable bonds is 7. The zero-order valence-electron chi connectivity index (χ0n) is 16.4. The van der Waals surface area contributed by atoms with Gasteiger partial charge in [-0.05, 0) is 36.8 Å². The van der Waals surface area contributed by atoms with Crippen LogP contribution in [0.25, 0.3) is 0 Å². The second-order valence-corrected chi connectivity index (χ2v) is 6.97. The van der Waals surface area contributed by atoms with E-state index in [9.17, 15) is 5.11 Å². The third-order valence-corrected chi connectivity index (χ3v) is 5.18. The van der Waals surface area contributed by atoms with E-state index in [4.69, 9.17) is 9.47 Å². The van der Waals surface area contributed by atoms with E-state index in [2.05, 4.69) is 27.8 Å². The summed E-state index contributed by atoms with van der Waals surface area (Å²) in [6.07, 6.45) is 1.25. The normalized spacial score (nSPS) is 16.9. The zero-order chi connectivity index (χ0) is 19.2. The van der Waals surface area contributed by atoms with Crippen molar-refractivity contribution >= 4 is 0 Å². The van der Waals surface area contributed by atoms with Crippen LogP contribution in [0.5, 0.6) is 11.5 Å². The molecule has 2 heterocycles. The van der Waals surface area contributed by atoms with Gasteiger partial charge in [-0.1, -0.05) is 6.07 Å². The summed E-state index contributed by atoms with van der Waals surface area (Å²) in [5, 5.41) is 10.7. The molecule has 1 aromatic carbocycles. The van der Waals surface area contributed by atoms with Crippen LogP contribution >= 0.6 is 0 Å². The van der Waals surface area contributed by atoms with Crippen LogP contribution in [0.15, 0.2) is 36.5 Å². The maximum absolute atomic E-state index is 10.7. The summed E-state index contributed by atoms with van der Waals surface area (Å²) in [4.78, 5) is 9.21. The van der Waals surface area contributed by atoms with Crippen LogP contribution in [0.4, 0.5) is 0 Å². The van der Waals surface area contributed by atoms with E-state index >= 15 is 0 Å². The highest BCUT2D eigenvalue weighted by Gasteiger charge is 2.22. The maximum Gasteiger partial charge on any atom is 0.124 e. The Morgan fingerprint density at radius 1 is 1.07 bits per heavy atom. The Hall–Kier alpha value is -2.15. The molecule has 6 heteroatoms. The SMILES string of the molecule is COc1ccc(OC)c(C(O)CN2CCN(Cc3ncccc3C)CC2)c1. The number of nitrogens with zero attached hydrogens (tertiary/aromatic N) is 3. The van der Waals surface area contributed by atoms with Crippen LogP contribution in [0.1, 0.15) is 22.9 Å². The van der Waals surface area contributed by atoms with Crippen molar-refractivity contribution in [3.63, 3.8) is 0 Å². The number of methoxy groups -OCH3 is 2. The minimum absolute atomic E-state index is 0.583. The van der Waals surface area contributed by atoms with E-state index in [-0.39, 0.29) is 0 Å². The number of hydrogen-bond acceptors (Lipinski definition) is 6. The number of hydrogen-bond donors (Lipinski definition) is 1. The van der Waals surface area contributed by atoms with Gasteiger partial charge in [0, 0.05) is 51.0 Å². The molecule has 1 aliphatic heterocycles. The molecule has 0 bridgehead atoms. The number of β-amino-alcohol motifs (C(OH)–C–C–N with tert-alkyl or cyclic N) is 1. The number of aliphatic hydroxyl groups excluding tert-OH is 1. The molecule has 0 amide bonds. The quantitative estimate of drug-likeness (QED) is 0.806. The summed E-state index contributed by atoms with van der Waals surface area (Å²) >= 11 is 0. The first-order valence-corrected chi connectivity index (χ1v) is 9.36. The van der Waals surface area contributed by atoms with E-state index in [1.165, 1.54) is 5.56 Å². The van der Waals surface area contributed by atoms with Crippen LogP contribution in [0, 0.1) is 6.92 Å². The monoisotopic (exact) mass is 371 g/mol. The fourth-order valence-corrected chi connectivity index (χ4v) is 3.47. The van der Waals surface area contributed by atoms with Crippen molar-refractivity contribution in [3.05, 3.63) is 53.3 Å². The Bertz CT molecular complexity index is 745. The number of ether oxygens (including phenoxy) is 2. The van der Waals surface area contributed by atoms with Gasteiger partial charge in [0.1, 0.15) is 11.5 Å². The van der Waals surface area contributed by atoms with Crippen LogP contribution < -0.4 is 9.47 Å². The molecule has 2 aromatic rings.